The van der Waals surface area contributed by atoms with Crippen molar-refractivity contribution < 1.29 is 9.90 Å². The number of urea groups is 1. The molecule has 6 heteroatoms. The molecule has 6 nitrogen and oxygen atoms in total. The lowest BCUT2D eigenvalue weighted by Crippen LogP contribution is -2.45. The van der Waals surface area contributed by atoms with Crippen LogP contribution in [0.2, 0.25) is 0 Å². The van der Waals surface area contributed by atoms with Gasteiger partial charge in [0, 0.05) is 18.0 Å². The zero-order chi connectivity index (χ0) is 15.5. The Morgan fingerprint density at radius 1 is 1.48 bits per heavy atom. The summed E-state index contributed by atoms with van der Waals surface area (Å²) in [5, 5.41) is 19.4. The summed E-state index contributed by atoms with van der Waals surface area (Å²) < 4.78 is 1.83. The van der Waals surface area contributed by atoms with Crippen LogP contribution in [0.4, 0.5) is 10.6 Å². The summed E-state index contributed by atoms with van der Waals surface area (Å²) in [5.74, 6) is 1.13. The number of anilines is 1. The first kappa shape index (κ1) is 15.8. The molecule has 1 heterocycles. The smallest absolute Gasteiger partial charge is 0.320 e. The number of aliphatic hydroxyl groups excluding tert-OH is 1. The van der Waals surface area contributed by atoms with Gasteiger partial charge in [0.25, 0.3) is 0 Å². The number of amides is 2. The summed E-state index contributed by atoms with van der Waals surface area (Å²) in [5.41, 5.74) is -0.108. The minimum Gasteiger partial charge on any atom is -0.396 e. The molecular weight excluding hydrogens is 268 g/mol. The molecule has 0 radical (unpaired) electrons. The van der Waals surface area contributed by atoms with Crippen molar-refractivity contribution in [2.24, 2.45) is 11.3 Å². The molecule has 1 aromatic heterocycles. The molecule has 21 heavy (non-hydrogen) atoms. The van der Waals surface area contributed by atoms with Crippen molar-refractivity contribution in [3.63, 3.8) is 0 Å². The predicted molar refractivity (Wildman–Crippen MR) is 82.2 cm³/mol. The van der Waals surface area contributed by atoms with Gasteiger partial charge in [-0.3, -0.25) is 5.32 Å². The normalized spacial score (nSPS) is 18.1. The van der Waals surface area contributed by atoms with Crippen molar-refractivity contribution in [3.8, 4) is 0 Å². The fourth-order valence-corrected chi connectivity index (χ4v) is 2.52. The molecule has 0 aliphatic heterocycles. The Morgan fingerprint density at radius 2 is 2.19 bits per heavy atom. The Labute approximate surface area is 125 Å². The van der Waals surface area contributed by atoms with Gasteiger partial charge in [-0.25, -0.2) is 9.48 Å². The van der Waals surface area contributed by atoms with Crippen LogP contribution in [0.1, 0.15) is 46.1 Å². The quantitative estimate of drug-likeness (QED) is 0.753. The maximum absolute atomic E-state index is 12.0. The van der Waals surface area contributed by atoms with E-state index in [2.05, 4.69) is 36.5 Å². The van der Waals surface area contributed by atoms with E-state index >= 15 is 0 Å². The van der Waals surface area contributed by atoms with Crippen LogP contribution >= 0.6 is 0 Å². The average Bonchev–Trinajstić information content (AvgIpc) is 2.85. The van der Waals surface area contributed by atoms with E-state index in [9.17, 15) is 9.90 Å². The van der Waals surface area contributed by atoms with E-state index in [1.54, 1.807) is 12.3 Å². The van der Waals surface area contributed by atoms with Crippen molar-refractivity contribution in [3.05, 3.63) is 12.3 Å². The maximum Gasteiger partial charge on any atom is 0.320 e. The highest BCUT2D eigenvalue weighted by atomic mass is 16.3. The van der Waals surface area contributed by atoms with Gasteiger partial charge in [0.05, 0.1) is 18.8 Å². The number of hydrogen-bond acceptors (Lipinski definition) is 3. The molecule has 0 bridgehead atoms. The third kappa shape index (κ3) is 3.56. The number of nitrogens with zero attached hydrogens (tertiary/aromatic N) is 2. The van der Waals surface area contributed by atoms with Gasteiger partial charge < -0.3 is 10.4 Å². The summed E-state index contributed by atoms with van der Waals surface area (Å²) >= 11 is 0. The number of carbonyl (C=O) groups is 1. The molecule has 0 aromatic carbocycles. The Balaban J connectivity index is 1.90. The number of aliphatic hydroxyl groups is 1. The van der Waals surface area contributed by atoms with Crippen LogP contribution in [-0.4, -0.2) is 34.1 Å². The van der Waals surface area contributed by atoms with Crippen LogP contribution in [0.25, 0.3) is 0 Å². The topological polar surface area (TPSA) is 79.2 Å². The standard InChI is InChI=1S/C15H26N4O2/c1-11(2)12(3)19-13(5-8-17-19)18-14(21)16-9-15(10-20)6-4-7-15/h5,8,11-12,20H,4,6-7,9-10H2,1-3H3,(H2,16,18,21). The Bertz CT molecular complexity index is 474. The fraction of sp³-hybridized carbons (Fsp3) is 0.733. The first-order valence-corrected chi connectivity index (χ1v) is 7.67. The largest absolute Gasteiger partial charge is 0.396 e. The van der Waals surface area contributed by atoms with E-state index in [0.717, 1.165) is 19.3 Å². The highest BCUT2D eigenvalue weighted by molar-refractivity contribution is 5.88. The second-order valence-corrected chi connectivity index (χ2v) is 6.46. The van der Waals surface area contributed by atoms with E-state index in [-0.39, 0.29) is 24.1 Å². The van der Waals surface area contributed by atoms with Crippen LogP contribution in [0.15, 0.2) is 12.3 Å². The summed E-state index contributed by atoms with van der Waals surface area (Å²) in [4.78, 5) is 12.0. The lowest BCUT2D eigenvalue weighted by Gasteiger charge is -2.40. The lowest BCUT2D eigenvalue weighted by molar-refractivity contribution is 0.0476. The molecule has 2 rings (SSSR count). The van der Waals surface area contributed by atoms with Crippen molar-refractivity contribution in [2.45, 2.75) is 46.1 Å². The molecule has 0 saturated heterocycles. The van der Waals surface area contributed by atoms with Gasteiger partial charge in [-0.05, 0) is 25.7 Å². The van der Waals surface area contributed by atoms with Gasteiger partial charge in [-0.15, -0.1) is 0 Å². The van der Waals surface area contributed by atoms with Gasteiger partial charge in [0.2, 0.25) is 0 Å². The van der Waals surface area contributed by atoms with Gasteiger partial charge in [0.1, 0.15) is 5.82 Å². The molecule has 0 spiro atoms. The summed E-state index contributed by atoms with van der Waals surface area (Å²) in [7, 11) is 0. The molecule has 1 aliphatic carbocycles. The minimum absolute atomic E-state index is 0.108. The predicted octanol–water partition coefficient (Wildman–Crippen LogP) is 2.38. The Morgan fingerprint density at radius 3 is 2.71 bits per heavy atom. The van der Waals surface area contributed by atoms with E-state index in [4.69, 9.17) is 0 Å². The first-order valence-electron chi connectivity index (χ1n) is 7.67. The molecule has 1 unspecified atom stereocenters. The number of hydrogen-bond donors (Lipinski definition) is 3. The molecule has 118 valence electrons. The summed E-state index contributed by atoms with van der Waals surface area (Å²) in [6, 6.07) is 1.77. The number of nitrogens with one attached hydrogen (secondary N) is 2. The molecule has 1 aliphatic rings. The summed E-state index contributed by atoms with van der Waals surface area (Å²) in [6.07, 6.45) is 4.77. The SMILES string of the molecule is CC(C)C(C)n1nccc1NC(=O)NCC1(CO)CCC1. The highest BCUT2D eigenvalue weighted by Gasteiger charge is 2.36. The second kappa shape index (κ2) is 6.47. The van der Waals surface area contributed by atoms with E-state index in [1.165, 1.54) is 0 Å². The first-order chi connectivity index (χ1) is 9.97. The van der Waals surface area contributed by atoms with Crippen LogP contribution in [0, 0.1) is 11.3 Å². The third-order valence-electron chi connectivity index (χ3n) is 4.64. The van der Waals surface area contributed by atoms with Crippen molar-refractivity contribution in [1.29, 1.82) is 0 Å². The van der Waals surface area contributed by atoms with Gasteiger partial charge in [0.15, 0.2) is 0 Å². The highest BCUT2D eigenvalue weighted by Crippen LogP contribution is 2.39. The summed E-state index contributed by atoms with van der Waals surface area (Å²) in [6.45, 7) is 6.98. The van der Waals surface area contributed by atoms with Crippen LogP contribution in [-0.2, 0) is 0 Å². The molecule has 2 amide bonds. The Hall–Kier alpha value is -1.56. The molecule has 1 fully saturated rings. The second-order valence-electron chi connectivity index (χ2n) is 6.46. The molecular formula is C15H26N4O2. The van der Waals surface area contributed by atoms with Crippen molar-refractivity contribution >= 4 is 11.8 Å². The minimum atomic E-state index is -0.243. The van der Waals surface area contributed by atoms with Gasteiger partial charge in [-0.2, -0.15) is 5.10 Å². The zero-order valence-corrected chi connectivity index (χ0v) is 13.1. The van der Waals surface area contributed by atoms with E-state index in [1.807, 2.05) is 4.68 Å². The number of carbonyl (C=O) groups excluding carboxylic acids is 1. The van der Waals surface area contributed by atoms with Crippen LogP contribution in [0.5, 0.6) is 0 Å². The van der Waals surface area contributed by atoms with Crippen molar-refractivity contribution in [1.82, 2.24) is 15.1 Å². The van der Waals surface area contributed by atoms with Gasteiger partial charge in [-0.1, -0.05) is 20.3 Å². The van der Waals surface area contributed by atoms with Crippen LogP contribution < -0.4 is 10.6 Å². The fourth-order valence-electron chi connectivity index (χ4n) is 2.52. The monoisotopic (exact) mass is 294 g/mol. The van der Waals surface area contributed by atoms with Crippen molar-refractivity contribution in [2.75, 3.05) is 18.5 Å². The molecule has 1 saturated carbocycles. The van der Waals surface area contributed by atoms with Gasteiger partial charge >= 0.3 is 6.03 Å². The van der Waals surface area contributed by atoms with Crippen LogP contribution in [0.3, 0.4) is 0 Å². The molecule has 1 aromatic rings. The van der Waals surface area contributed by atoms with E-state index < -0.39 is 0 Å². The Kier molecular flexibility index (Phi) is 4.88. The number of rotatable bonds is 6. The maximum atomic E-state index is 12.0. The van der Waals surface area contributed by atoms with E-state index in [0.29, 0.717) is 18.3 Å². The third-order valence-corrected chi connectivity index (χ3v) is 4.64. The average molecular weight is 294 g/mol. The lowest BCUT2D eigenvalue weighted by atomic mass is 9.69. The molecule has 3 N–H and O–H groups in total. The zero-order valence-electron chi connectivity index (χ0n) is 13.1. The molecule has 1 atom stereocenters. The number of aromatic nitrogens is 2.